The molecule has 0 fully saturated rings. The minimum Gasteiger partial charge on any atom is -0.382 e. The van der Waals surface area contributed by atoms with E-state index in [2.05, 4.69) is 5.32 Å². The van der Waals surface area contributed by atoms with Crippen molar-refractivity contribution in [2.45, 2.75) is 11.3 Å². The lowest BCUT2D eigenvalue weighted by molar-refractivity contribution is -0.126. The summed E-state index contributed by atoms with van der Waals surface area (Å²) in [5.74, 6) is -0.202. The smallest absolute Gasteiger partial charge is 0.246 e. The number of hydrogen-bond donors (Lipinski definition) is 2. The van der Waals surface area contributed by atoms with E-state index < -0.39 is 10.0 Å². The molecule has 0 radical (unpaired) electrons. The zero-order valence-electron chi connectivity index (χ0n) is 11.9. The van der Waals surface area contributed by atoms with Gasteiger partial charge in [-0.3, -0.25) is 4.79 Å². The van der Waals surface area contributed by atoms with Gasteiger partial charge in [0.15, 0.2) is 0 Å². The number of sulfonamides is 1. The fraction of sp³-hybridized carbons (Fsp3) is 0.462. The zero-order chi connectivity index (χ0) is 15.7. The van der Waals surface area contributed by atoms with Crippen LogP contribution in [-0.4, -0.2) is 47.8 Å². The first-order valence-corrected chi connectivity index (χ1v) is 7.93. The molecule has 8 heteroatoms. The molecule has 1 aromatic rings. The largest absolute Gasteiger partial charge is 0.382 e. The Bertz CT molecular complexity index is 542. The highest BCUT2D eigenvalue weighted by Gasteiger charge is 2.06. The number of nitrogens with one attached hydrogen (secondary N) is 1. The second-order valence-electron chi connectivity index (χ2n) is 4.33. The average Bonchev–Trinajstić information content (AvgIpc) is 2.43. The first-order chi connectivity index (χ1) is 9.93. The number of nitrogens with two attached hydrogens (primary N) is 1. The zero-order valence-corrected chi connectivity index (χ0v) is 12.7. The monoisotopic (exact) mass is 316 g/mol. The summed E-state index contributed by atoms with van der Waals surface area (Å²) < 4.78 is 32.0. The van der Waals surface area contributed by atoms with E-state index in [0.29, 0.717) is 26.2 Å². The predicted molar refractivity (Wildman–Crippen MR) is 77.2 cm³/mol. The van der Waals surface area contributed by atoms with Crippen LogP contribution in [0.15, 0.2) is 29.2 Å². The van der Waals surface area contributed by atoms with E-state index in [1.165, 1.54) is 12.1 Å². The molecular formula is C13H20N2O5S. The molecule has 21 heavy (non-hydrogen) atoms. The normalized spacial score (nSPS) is 11.3. The second-order valence-corrected chi connectivity index (χ2v) is 5.90. The van der Waals surface area contributed by atoms with Gasteiger partial charge in [0, 0.05) is 13.7 Å². The molecule has 0 saturated heterocycles. The standard InChI is InChI=1S/C13H20N2O5S/c1-19-8-9-20-10-13(16)15-7-6-11-2-4-12(5-3-11)21(14,17)18/h2-5H,6-10H2,1H3,(H,15,16)(H2,14,17,18). The number of carbonyl (C=O) groups is 1. The van der Waals surface area contributed by atoms with Crippen LogP contribution < -0.4 is 10.5 Å². The Morgan fingerprint density at radius 2 is 1.90 bits per heavy atom. The fourth-order valence-electron chi connectivity index (χ4n) is 1.55. The number of amides is 1. The first kappa shape index (κ1) is 17.6. The summed E-state index contributed by atoms with van der Waals surface area (Å²) in [6.07, 6.45) is 0.592. The van der Waals surface area contributed by atoms with Crippen LogP contribution in [0.5, 0.6) is 0 Å². The fourth-order valence-corrected chi connectivity index (χ4v) is 2.07. The van der Waals surface area contributed by atoms with Crippen molar-refractivity contribution >= 4 is 15.9 Å². The Labute approximate surface area is 124 Å². The molecule has 0 saturated carbocycles. The molecule has 0 aliphatic carbocycles. The van der Waals surface area contributed by atoms with Crippen LogP contribution in [0.25, 0.3) is 0 Å². The third kappa shape index (κ3) is 7.19. The van der Waals surface area contributed by atoms with E-state index in [1.54, 1.807) is 19.2 Å². The van der Waals surface area contributed by atoms with Crippen molar-refractivity contribution in [2.24, 2.45) is 5.14 Å². The maximum absolute atomic E-state index is 11.4. The van der Waals surface area contributed by atoms with Crippen LogP contribution in [0, 0.1) is 0 Å². The first-order valence-electron chi connectivity index (χ1n) is 6.38. The van der Waals surface area contributed by atoms with Crippen LogP contribution in [-0.2, 0) is 30.7 Å². The van der Waals surface area contributed by atoms with Crippen molar-refractivity contribution in [3.63, 3.8) is 0 Å². The molecule has 0 bridgehead atoms. The van der Waals surface area contributed by atoms with E-state index in [0.717, 1.165) is 5.56 Å². The number of hydrogen-bond acceptors (Lipinski definition) is 5. The summed E-state index contributed by atoms with van der Waals surface area (Å²) in [6.45, 7) is 1.26. The lowest BCUT2D eigenvalue weighted by atomic mass is 10.1. The van der Waals surface area contributed by atoms with E-state index >= 15 is 0 Å². The number of carbonyl (C=O) groups excluding carboxylic acids is 1. The van der Waals surface area contributed by atoms with E-state index in [1.807, 2.05) is 0 Å². The molecule has 0 unspecified atom stereocenters. The number of methoxy groups -OCH3 is 1. The van der Waals surface area contributed by atoms with Crippen LogP contribution >= 0.6 is 0 Å². The lowest BCUT2D eigenvalue weighted by Gasteiger charge is -2.06. The van der Waals surface area contributed by atoms with Crippen molar-refractivity contribution in [1.29, 1.82) is 0 Å². The van der Waals surface area contributed by atoms with Gasteiger partial charge in [0.05, 0.1) is 18.1 Å². The van der Waals surface area contributed by atoms with E-state index in [9.17, 15) is 13.2 Å². The molecule has 0 spiro atoms. The minimum atomic E-state index is -3.67. The predicted octanol–water partition coefficient (Wildman–Crippen LogP) is -0.344. The van der Waals surface area contributed by atoms with Gasteiger partial charge in [-0.25, -0.2) is 13.6 Å². The molecule has 3 N–H and O–H groups in total. The number of rotatable bonds is 9. The highest BCUT2D eigenvalue weighted by molar-refractivity contribution is 7.89. The van der Waals surface area contributed by atoms with Crippen molar-refractivity contribution in [1.82, 2.24) is 5.32 Å². The van der Waals surface area contributed by atoms with Gasteiger partial charge >= 0.3 is 0 Å². The lowest BCUT2D eigenvalue weighted by Crippen LogP contribution is -2.29. The highest BCUT2D eigenvalue weighted by Crippen LogP contribution is 2.08. The van der Waals surface area contributed by atoms with Crippen molar-refractivity contribution < 1.29 is 22.7 Å². The van der Waals surface area contributed by atoms with Crippen molar-refractivity contribution in [3.8, 4) is 0 Å². The van der Waals surface area contributed by atoms with Gasteiger partial charge < -0.3 is 14.8 Å². The quantitative estimate of drug-likeness (QED) is 0.606. The third-order valence-electron chi connectivity index (χ3n) is 2.65. The van der Waals surface area contributed by atoms with Gasteiger partial charge in [-0.15, -0.1) is 0 Å². The topological polar surface area (TPSA) is 108 Å². The van der Waals surface area contributed by atoms with Gasteiger partial charge in [-0.1, -0.05) is 12.1 Å². The van der Waals surface area contributed by atoms with E-state index in [-0.39, 0.29) is 17.4 Å². The summed E-state index contributed by atoms with van der Waals surface area (Å²) in [6, 6.07) is 6.22. The van der Waals surface area contributed by atoms with Crippen molar-refractivity contribution in [2.75, 3.05) is 33.5 Å². The highest BCUT2D eigenvalue weighted by atomic mass is 32.2. The maximum atomic E-state index is 11.4. The van der Waals surface area contributed by atoms with Crippen LogP contribution in [0.3, 0.4) is 0 Å². The van der Waals surface area contributed by atoms with Gasteiger partial charge in [-0.2, -0.15) is 0 Å². The summed E-state index contributed by atoms with van der Waals surface area (Å²) >= 11 is 0. The Morgan fingerprint density at radius 1 is 1.24 bits per heavy atom. The van der Waals surface area contributed by atoms with Crippen LogP contribution in [0.2, 0.25) is 0 Å². The Morgan fingerprint density at radius 3 is 2.48 bits per heavy atom. The minimum absolute atomic E-state index is 0.00624. The molecule has 1 rings (SSSR count). The SMILES string of the molecule is COCCOCC(=O)NCCc1ccc(S(N)(=O)=O)cc1. The van der Waals surface area contributed by atoms with Gasteiger partial charge in [0.2, 0.25) is 15.9 Å². The molecule has 1 amide bonds. The molecule has 7 nitrogen and oxygen atoms in total. The van der Waals surface area contributed by atoms with Crippen LogP contribution in [0.1, 0.15) is 5.56 Å². The number of primary sulfonamides is 1. The van der Waals surface area contributed by atoms with E-state index in [4.69, 9.17) is 14.6 Å². The maximum Gasteiger partial charge on any atom is 0.246 e. The van der Waals surface area contributed by atoms with Gasteiger partial charge in [-0.05, 0) is 24.1 Å². The third-order valence-corrected chi connectivity index (χ3v) is 3.58. The van der Waals surface area contributed by atoms with Crippen LogP contribution in [0.4, 0.5) is 0 Å². The molecule has 0 aliphatic heterocycles. The molecule has 1 aromatic carbocycles. The molecule has 0 atom stereocenters. The molecule has 0 heterocycles. The van der Waals surface area contributed by atoms with Gasteiger partial charge in [0.25, 0.3) is 0 Å². The Kier molecular flexibility index (Phi) is 7.30. The number of benzene rings is 1. The second kappa shape index (κ2) is 8.73. The molecular weight excluding hydrogens is 296 g/mol. The molecule has 0 aromatic heterocycles. The summed E-state index contributed by atoms with van der Waals surface area (Å²) in [5.41, 5.74) is 0.906. The Balaban J connectivity index is 2.28. The molecule has 0 aliphatic rings. The summed E-state index contributed by atoms with van der Waals surface area (Å²) in [7, 11) is -2.10. The van der Waals surface area contributed by atoms with Gasteiger partial charge in [0.1, 0.15) is 6.61 Å². The summed E-state index contributed by atoms with van der Waals surface area (Å²) in [5, 5.41) is 7.71. The number of ether oxygens (including phenoxy) is 2. The summed E-state index contributed by atoms with van der Waals surface area (Å²) in [4.78, 5) is 11.5. The molecule has 118 valence electrons. The average molecular weight is 316 g/mol. The Hall–Kier alpha value is -1.48. The van der Waals surface area contributed by atoms with Crippen molar-refractivity contribution in [3.05, 3.63) is 29.8 Å².